The third-order valence-corrected chi connectivity index (χ3v) is 3.32. The van der Waals surface area contributed by atoms with Crippen LogP contribution >= 0.6 is 22.9 Å². The van der Waals surface area contributed by atoms with Crippen LogP contribution in [0.3, 0.4) is 0 Å². The van der Waals surface area contributed by atoms with Gasteiger partial charge in [-0.2, -0.15) is 7.17 Å². The van der Waals surface area contributed by atoms with Gasteiger partial charge in [0, 0.05) is 13.0 Å². The Labute approximate surface area is 145 Å². The summed E-state index contributed by atoms with van der Waals surface area (Å²) in [5, 5.41) is 2.36. The third-order valence-electron chi connectivity index (χ3n) is 2.47. The molecule has 0 aromatic carbocycles. The lowest BCUT2D eigenvalue weighted by Gasteiger charge is -2.19. The Balaban J connectivity index is 2.58. The van der Waals surface area contributed by atoms with E-state index in [1.165, 1.54) is 22.9 Å². The Morgan fingerprint density at radius 3 is 2.52 bits per heavy atom. The normalized spacial score (nSPS) is 11.2. The summed E-state index contributed by atoms with van der Waals surface area (Å²) < 4.78 is 19.3. The number of ether oxygens (including phenoxy) is 1. The highest BCUT2D eigenvalue weighted by molar-refractivity contribution is 14.1. The van der Waals surface area contributed by atoms with Gasteiger partial charge in [-0.25, -0.2) is 14.2 Å². The molecule has 0 aliphatic rings. The Hall–Kier alpha value is -1.72. The fraction of sp³-hybridized carbons (Fsp3) is 0.538. The summed E-state index contributed by atoms with van der Waals surface area (Å²) in [6.07, 6.45) is 0.914. The van der Waals surface area contributed by atoms with Gasteiger partial charge >= 0.3 is 23.2 Å². The number of carbonyl (C=O) groups excluding carboxylic acids is 2. The predicted octanol–water partition coefficient (Wildman–Crippen LogP) is 1.03. The van der Waals surface area contributed by atoms with Crippen LogP contribution in [-0.4, -0.2) is 31.5 Å². The van der Waals surface area contributed by atoms with E-state index in [1.54, 1.807) is 20.8 Å². The number of nitrogens with zero attached hydrogens (tertiary/aromatic N) is 2. The highest BCUT2D eigenvalue weighted by atomic mass is 127. The number of halogens is 2. The van der Waals surface area contributed by atoms with E-state index in [4.69, 9.17) is 4.74 Å². The van der Waals surface area contributed by atoms with Gasteiger partial charge in [0.25, 0.3) is 0 Å². The van der Waals surface area contributed by atoms with Gasteiger partial charge in [-0.05, 0) is 27.2 Å². The standard InChI is InChI=1S/C13H17FIN3O5/c1-13(2,3)23-9(19)5-4-6-16-11(21)17-7-8(14)10(20)18(15)12(17)22/h7H,4-6H2,1-3H3,(H,16,21). The number of aromatic nitrogens is 2. The molecule has 1 rings (SSSR count). The molecule has 0 aliphatic heterocycles. The molecule has 1 N–H and O–H groups in total. The molecule has 128 valence electrons. The van der Waals surface area contributed by atoms with Crippen molar-refractivity contribution >= 4 is 34.9 Å². The predicted molar refractivity (Wildman–Crippen MR) is 88.2 cm³/mol. The molecule has 0 aliphatic carbocycles. The van der Waals surface area contributed by atoms with Gasteiger partial charge in [-0.15, -0.1) is 0 Å². The zero-order valence-corrected chi connectivity index (χ0v) is 15.0. The van der Waals surface area contributed by atoms with E-state index in [1.807, 2.05) is 0 Å². The zero-order chi connectivity index (χ0) is 17.8. The maximum Gasteiger partial charge on any atom is 0.348 e. The summed E-state index contributed by atoms with van der Waals surface area (Å²) >= 11 is 1.31. The van der Waals surface area contributed by atoms with Crippen molar-refractivity contribution in [3.8, 4) is 0 Å². The van der Waals surface area contributed by atoms with E-state index in [9.17, 15) is 23.6 Å². The Bertz CT molecular complexity index is 720. The summed E-state index contributed by atoms with van der Waals surface area (Å²) in [5.74, 6) is -1.63. The van der Waals surface area contributed by atoms with Crippen molar-refractivity contribution in [2.24, 2.45) is 0 Å². The first-order valence-corrected chi connectivity index (χ1v) is 7.70. The van der Waals surface area contributed by atoms with Crippen LogP contribution in [0, 0.1) is 5.82 Å². The molecule has 1 aromatic rings. The minimum atomic E-state index is -1.22. The lowest BCUT2D eigenvalue weighted by atomic mass is 10.2. The molecule has 0 atom stereocenters. The largest absolute Gasteiger partial charge is 0.460 e. The summed E-state index contributed by atoms with van der Waals surface area (Å²) in [6, 6.07) is -0.886. The van der Waals surface area contributed by atoms with Gasteiger partial charge in [0.1, 0.15) is 5.60 Å². The quantitative estimate of drug-likeness (QED) is 0.428. The lowest BCUT2D eigenvalue weighted by molar-refractivity contribution is -0.154. The summed E-state index contributed by atoms with van der Waals surface area (Å²) in [5.41, 5.74) is -2.68. The van der Waals surface area contributed by atoms with E-state index in [0.717, 1.165) is 0 Å². The van der Waals surface area contributed by atoms with E-state index >= 15 is 0 Å². The molecule has 0 saturated heterocycles. The van der Waals surface area contributed by atoms with Crippen LogP contribution < -0.4 is 16.6 Å². The monoisotopic (exact) mass is 441 g/mol. The summed E-state index contributed by atoms with van der Waals surface area (Å²) in [7, 11) is 0. The minimum Gasteiger partial charge on any atom is -0.460 e. The van der Waals surface area contributed by atoms with Crippen molar-refractivity contribution in [1.82, 2.24) is 12.7 Å². The van der Waals surface area contributed by atoms with Gasteiger partial charge in [-0.3, -0.25) is 9.59 Å². The molecular formula is C13H17FIN3O5. The van der Waals surface area contributed by atoms with Gasteiger partial charge in [0.05, 0.1) is 29.1 Å². The number of esters is 1. The third kappa shape index (κ3) is 5.77. The first kappa shape index (κ1) is 19.3. The van der Waals surface area contributed by atoms with Crippen LogP contribution in [-0.2, 0) is 9.53 Å². The van der Waals surface area contributed by atoms with Crippen LogP contribution in [0.2, 0.25) is 0 Å². The van der Waals surface area contributed by atoms with E-state index < -0.39 is 34.7 Å². The molecule has 23 heavy (non-hydrogen) atoms. The number of amides is 1. The molecule has 0 unspecified atom stereocenters. The lowest BCUT2D eigenvalue weighted by Crippen LogP contribution is -2.43. The molecule has 0 bridgehead atoms. The minimum absolute atomic E-state index is 0.0898. The maximum absolute atomic E-state index is 13.3. The summed E-state index contributed by atoms with van der Waals surface area (Å²) in [4.78, 5) is 46.2. The molecule has 0 spiro atoms. The van der Waals surface area contributed by atoms with Crippen molar-refractivity contribution in [2.75, 3.05) is 6.54 Å². The first-order valence-electron chi connectivity index (χ1n) is 6.73. The Morgan fingerprint density at radius 2 is 1.96 bits per heavy atom. The van der Waals surface area contributed by atoms with Crippen molar-refractivity contribution in [2.45, 2.75) is 39.2 Å². The molecule has 1 heterocycles. The summed E-state index contributed by atoms with van der Waals surface area (Å²) in [6.45, 7) is 5.32. The number of nitrogens with one attached hydrogen (secondary N) is 1. The highest BCUT2D eigenvalue weighted by Gasteiger charge is 2.17. The number of hydrogen-bond donors (Lipinski definition) is 1. The molecule has 0 saturated carbocycles. The second kappa shape index (κ2) is 7.70. The van der Waals surface area contributed by atoms with Crippen LogP contribution in [0.1, 0.15) is 33.6 Å². The fourth-order valence-corrected chi connectivity index (χ4v) is 2.01. The Kier molecular flexibility index (Phi) is 6.47. The average Bonchev–Trinajstić information content (AvgIpc) is 2.43. The van der Waals surface area contributed by atoms with Crippen LogP contribution in [0.5, 0.6) is 0 Å². The fourth-order valence-electron chi connectivity index (χ4n) is 1.55. The van der Waals surface area contributed by atoms with Crippen molar-refractivity contribution in [3.63, 3.8) is 0 Å². The number of carbonyl (C=O) groups is 2. The first-order chi connectivity index (χ1) is 10.5. The SMILES string of the molecule is CC(C)(C)OC(=O)CCCNC(=O)n1cc(F)c(=O)n(I)c1=O. The molecular weight excluding hydrogens is 424 g/mol. The molecule has 0 fully saturated rings. The topological polar surface area (TPSA) is 99.4 Å². The second-order valence-corrected chi connectivity index (χ2v) is 6.60. The molecule has 1 aromatic heterocycles. The van der Waals surface area contributed by atoms with Crippen molar-refractivity contribution in [1.29, 1.82) is 0 Å². The number of hydrogen-bond acceptors (Lipinski definition) is 5. The second-order valence-electron chi connectivity index (χ2n) is 5.64. The zero-order valence-electron chi connectivity index (χ0n) is 12.9. The van der Waals surface area contributed by atoms with E-state index in [2.05, 4.69) is 5.32 Å². The van der Waals surface area contributed by atoms with Crippen LogP contribution in [0.15, 0.2) is 15.8 Å². The maximum atomic E-state index is 13.3. The van der Waals surface area contributed by atoms with Gasteiger partial charge < -0.3 is 10.1 Å². The molecule has 0 radical (unpaired) electrons. The van der Waals surface area contributed by atoms with Crippen LogP contribution in [0.25, 0.3) is 0 Å². The Morgan fingerprint density at radius 1 is 1.35 bits per heavy atom. The molecule has 1 amide bonds. The number of rotatable bonds is 4. The van der Waals surface area contributed by atoms with Gasteiger partial charge in [-0.1, -0.05) is 0 Å². The van der Waals surface area contributed by atoms with E-state index in [-0.39, 0.29) is 13.0 Å². The van der Waals surface area contributed by atoms with Crippen LogP contribution in [0.4, 0.5) is 9.18 Å². The molecule has 8 nitrogen and oxygen atoms in total. The van der Waals surface area contributed by atoms with Crippen molar-refractivity contribution < 1.29 is 18.7 Å². The van der Waals surface area contributed by atoms with Crippen molar-refractivity contribution in [3.05, 3.63) is 32.9 Å². The smallest absolute Gasteiger partial charge is 0.348 e. The average molecular weight is 441 g/mol. The highest BCUT2D eigenvalue weighted by Crippen LogP contribution is 2.08. The van der Waals surface area contributed by atoms with E-state index in [0.29, 0.717) is 20.0 Å². The van der Waals surface area contributed by atoms with Gasteiger partial charge in [0.2, 0.25) is 5.82 Å². The van der Waals surface area contributed by atoms with Gasteiger partial charge in [0.15, 0.2) is 0 Å². The molecule has 10 heteroatoms.